The predicted molar refractivity (Wildman–Crippen MR) is 63.8 cm³/mol. The van der Waals surface area contributed by atoms with Gasteiger partial charge in [0.25, 0.3) is 0 Å². The Morgan fingerprint density at radius 3 is 3.18 bits per heavy atom. The van der Waals surface area contributed by atoms with Crippen molar-refractivity contribution in [2.24, 2.45) is 0 Å². The Morgan fingerprint density at radius 2 is 2.41 bits per heavy atom. The van der Waals surface area contributed by atoms with Crippen molar-refractivity contribution in [1.29, 1.82) is 0 Å². The minimum absolute atomic E-state index is 0.0769. The molecule has 0 aliphatic rings. The Morgan fingerprint density at radius 1 is 1.59 bits per heavy atom. The van der Waals surface area contributed by atoms with Gasteiger partial charge in [0.05, 0.1) is 11.1 Å². The zero-order chi connectivity index (χ0) is 12.3. The number of aromatic amines is 1. The van der Waals surface area contributed by atoms with Gasteiger partial charge in [-0.25, -0.2) is 9.97 Å². The highest BCUT2D eigenvalue weighted by Gasteiger charge is 2.07. The summed E-state index contributed by atoms with van der Waals surface area (Å²) >= 11 is 0. The third-order valence-corrected chi connectivity index (χ3v) is 2.16. The number of carbonyl (C=O) groups excluding carboxylic acids is 1. The van der Waals surface area contributed by atoms with Crippen LogP contribution in [0.15, 0.2) is 12.4 Å². The van der Waals surface area contributed by atoms with Gasteiger partial charge in [0.15, 0.2) is 5.65 Å². The summed E-state index contributed by atoms with van der Waals surface area (Å²) < 4.78 is 0. The number of nitrogens with one attached hydrogen (secondary N) is 2. The molecule has 0 spiro atoms. The highest BCUT2D eigenvalue weighted by atomic mass is 16.1. The Hall–Kier alpha value is -2.44. The summed E-state index contributed by atoms with van der Waals surface area (Å²) in [5.74, 6) is 0.301. The van der Waals surface area contributed by atoms with Crippen molar-refractivity contribution in [2.75, 3.05) is 12.3 Å². The van der Waals surface area contributed by atoms with Crippen LogP contribution in [-0.4, -0.2) is 32.6 Å². The van der Waals surface area contributed by atoms with Gasteiger partial charge < -0.3 is 11.1 Å². The molecule has 2 aromatic rings. The monoisotopic (exact) mass is 232 g/mol. The molecule has 7 nitrogen and oxygen atoms in total. The van der Waals surface area contributed by atoms with Gasteiger partial charge in [-0.2, -0.15) is 5.10 Å². The topological polar surface area (TPSA) is 110 Å². The summed E-state index contributed by atoms with van der Waals surface area (Å²) in [4.78, 5) is 18.5. The number of rotatable bonds is 3. The number of anilines is 1. The molecule has 4 N–H and O–H groups in total. The molecule has 0 saturated carbocycles. The van der Waals surface area contributed by atoms with Gasteiger partial charge in [0.2, 0.25) is 5.91 Å². The summed E-state index contributed by atoms with van der Waals surface area (Å²) in [7, 11) is 0. The van der Waals surface area contributed by atoms with E-state index in [1.807, 2.05) is 0 Å². The van der Waals surface area contributed by atoms with Crippen LogP contribution in [0.2, 0.25) is 0 Å². The van der Waals surface area contributed by atoms with Crippen LogP contribution < -0.4 is 11.1 Å². The summed E-state index contributed by atoms with van der Waals surface area (Å²) in [6, 6.07) is 0. The van der Waals surface area contributed by atoms with Crippen molar-refractivity contribution < 1.29 is 4.79 Å². The smallest absolute Gasteiger partial charge is 0.217 e. The van der Waals surface area contributed by atoms with E-state index in [2.05, 4.69) is 25.5 Å². The minimum atomic E-state index is -0.0769. The number of amides is 1. The van der Waals surface area contributed by atoms with E-state index in [9.17, 15) is 4.79 Å². The van der Waals surface area contributed by atoms with E-state index in [-0.39, 0.29) is 5.91 Å². The standard InChI is InChI=1S/C10H12N6O/c1-6(17)12-4-2-3-7-8-9(11)13-5-14-10(8)16-15-7/h2-3,5H,4H2,1H3,(H,12,17)(H3,11,13,14,15,16). The van der Waals surface area contributed by atoms with Gasteiger partial charge in [-0.15, -0.1) is 0 Å². The molecule has 0 bridgehead atoms. The molecular weight excluding hydrogens is 220 g/mol. The average molecular weight is 232 g/mol. The van der Waals surface area contributed by atoms with Crippen molar-refractivity contribution in [3.05, 3.63) is 18.1 Å². The molecule has 0 atom stereocenters. The first kappa shape index (κ1) is 11.1. The molecule has 7 heteroatoms. The van der Waals surface area contributed by atoms with Crippen molar-refractivity contribution in [3.63, 3.8) is 0 Å². The van der Waals surface area contributed by atoms with Crippen LogP contribution >= 0.6 is 0 Å². The molecule has 0 aliphatic heterocycles. The normalized spacial score (nSPS) is 11.1. The zero-order valence-electron chi connectivity index (χ0n) is 9.27. The highest BCUT2D eigenvalue weighted by Crippen LogP contribution is 2.19. The second-order valence-corrected chi connectivity index (χ2v) is 3.43. The van der Waals surface area contributed by atoms with Crippen LogP contribution in [-0.2, 0) is 4.79 Å². The van der Waals surface area contributed by atoms with Crippen molar-refractivity contribution >= 4 is 28.8 Å². The van der Waals surface area contributed by atoms with Gasteiger partial charge in [-0.3, -0.25) is 9.89 Å². The van der Waals surface area contributed by atoms with Gasteiger partial charge in [-0.05, 0) is 6.08 Å². The molecule has 2 rings (SSSR count). The van der Waals surface area contributed by atoms with Crippen molar-refractivity contribution in [1.82, 2.24) is 25.5 Å². The van der Waals surface area contributed by atoms with Crippen LogP contribution in [0.3, 0.4) is 0 Å². The quantitative estimate of drug-likeness (QED) is 0.694. The van der Waals surface area contributed by atoms with Gasteiger partial charge in [0, 0.05) is 13.5 Å². The second kappa shape index (κ2) is 4.60. The van der Waals surface area contributed by atoms with E-state index in [1.54, 1.807) is 12.2 Å². The lowest BCUT2D eigenvalue weighted by molar-refractivity contribution is -0.118. The number of hydrogen-bond donors (Lipinski definition) is 3. The van der Waals surface area contributed by atoms with E-state index >= 15 is 0 Å². The Kier molecular flexibility index (Phi) is 2.99. The molecule has 0 fully saturated rings. The van der Waals surface area contributed by atoms with Gasteiger partial charge in [-0.1, -0.05) is 6.08 Å². The van der Waals surface area contributed by atoms with Gasteiger partial charge >= 0.3 is 0 Å². The fraction of sp³-hybridized carbons (Fsp3) is 0.200. The summed E-state index contributed by atoms with van der Waals surface area (Å²) in [5, 5.41) is 10.1. The van der Waals surface area contributed by atoms with E-state index in [1.165, 1.54) is 13.3 Å². The fourth-order valence-electron chi connectivity index (χ4n) is 1.40. The van der Waals surface area contributed by atoms with E-state index in [0.29, 0.717) is 23.4 Å². The number of carbonyl (C=O) groups is 1. The van der Waals surface area contributed by atoms with E-state index < -0.39 is 0 Å². The summed E-state index contributed by atoms with van der Waals surface area (Å²) in [6.07, 6.45) is 4.94. The molecule has 0 radical (unpaired) electrons. The van der Waals surface area contributed by atoms with E-state index in [4.69, 9.17) is 5.73 Å². The van der Waals surface area contributed by atoms with Crippen LogP contribution in [0.4, 0.5) is 5.82 Å². The maximum Gasteiger partial charge on any atom is 0.217 e. The largest absolute Gasteiger partial charge is 0.383 e. The number of nitrogen functional groups attached to an aromatic ring is 1. The van der Waals surface area contributed by atoms with E-state index in [0.717, 1.165) is 5.69 Å². The van der Waals surface area contributed by atoms with Gasteiger partial charge in [0.1, 0.15) is 12.1 Å². The number of hydrogen-bond acceptors (Lipinski definition) is 5. The average Bonchev–Trinajstić information content (AvgIpc) is 2.69. The van der Waals surface area contributed by atoms with Crippen LogP contribution in [0.5, 0.6) is 0 Å². The summed E-state index contributed by atoms with van der Waals surface area (Å²) in [6.45, 7) is 1.91. The molecule has 0 aliphatic carbocycles. The number of fused-ring (bicyclic) bond motifs is 1. The Bertz CT molecular complexity index is 573. The SMILES string of the molecule is CC(=O)NCC=Cc1[nH]nc2ncnc(N)c12. The second-order valence-electron chi connectivity index (χ2n) is 3.43. The molecule has 1 amide bonds. The molecule has 2 aromatic heterocycles. The first-order valence-corrected chi connectivity index (χ1v) is 5.04. The molecular formula is C10H12N6O. The lowest BCUT2D eigenvalue weighted by Crippen LogP contribution is -2.19. The van der Waals surface area contributed by atoms with Crippen LogP contribution in [0, 0.1) is 0 Å². The number of nitrogens with zero attached hydrogens (tertiary/aromatic N) is 3. The van der Waals surface area contributed by atoms with Crippen molar-refractivity contribution in [3.8, 4) is 0 Å². The minimum Gasteiger partial charge on any atom is -0.383 e. The first-order chi connectivity index (χ1) is 8.18. The maximum absolute atomic E-state index is 10.7. The number of nitrogens with two attached hydrogens (primary N) is 1. The van der Waals surface area contributed by atoms with Crippen molar-refractivity contribution in [2.45, 2.75) is 6.92 Å². The third kappa shape index (κ3) is 2.39. The molecule has 0 aromatic carbocycles. The molecule has 0 unspecified atom stereocenters. The highest BCUT2D eigenvalue weighted by molar-refractivity contribution is 5.92. The zero-order valence-corrected chi connectivity index (χ0v) is 9.27. The first-order valence-electron chi connectivity index (χ1n) is 5.04. The van der Waals surface area contributed by atoms with Crippen LogP contribution in [0.25, 0.3) is 17.1 Å². The molecule has 0 saturated heterocycles. The Balaban J connectivity index is 2.22. The number of H-pyrrole nitrogens is 1. The predicted octanol–water partition coefficient (Wildman–Crippen LogP) is 0.0844. The lowest BCUT2D eigenvalue weighted by Gasteiger charge is -1.95. The number of aromatic nitrogens is 4. The molecule has 88 valence electrons. The fourth-order valence-corrected chi connectivity index (χ4v) is 1.40. The molecule has 2 heterocycles. The Labute approximate surface area is 97.1 Å². The third-order valence-electron chi connectivity index (χ3n) is 2.16. The summed E-state index contributed by atoms with van der Waals surface area (Å²) in [5.41, 5.74) is 6.99. The maximum atomic E-state index is 10.7. The van der Waals surface area contributed by atoms with Crippen LogP contribution in [0.1, 0.15) is 12.6 Å². The lowest BCUT2D eigenvalue weighted by atomic mass is 10.2. The molecule has 17 heavy (non-hydrogen) atoms.